The number of rotatable bonds is 3. The first-order chi connectivity index (χ1) is 7.66. The van der Waals surface area contributed by atoms with Gasteiger partial charge in [0, 0.05) is 18.7 Å². The number of benzene rings is 1. The Kier molecular flexibility index (Phi) is 3.36. The molecule has 1 aromatic carbocycles. The Morgan fingerprint density at radius 1 is 1.06 bits per heavy atom. The summed E-state index contributed by atoms with van der Waals surface area (Å²) in [6.45, 7) is 0.555. The van der Waals surface area contributed by atoms with Crippen molar-refractivity contribution < 1.29 is 13.2 Å². The van der Waals surface area contributed by atoms with Gasteiger partial charge in [-0.05, 0) is 18.8 Å². The molecule has 88 valence electrons. The number of nitrogens with one attached hydrogen (secondary N) is 1. The van der Waals surface area contributed by atoms with Gasteiger partial charge in [-0.3, -0.25) is 0 Å². The molecule has 0 spiro atoms. The molecule has 0 radical (unpaired) electrons. The van der Waals surface area contributed by atoms with Gasteiger partial charge in [0.05, 0.1) is 0 Å². The van der Waals surface area contributed by atoms with Crippen molar-refractivity contribution in [1.82, 2.24) is 0 Å². The first kappa shape index (κ1) is 11.3. The molecular formula is C12H14F3N. The molecule has 16 heavy (non-hydrogen) atoms. The topological polar surface area (TPSA) is 12.0 Å². The molecule has 1 saturated carbocycles. The maximum Gasteiger partial charge on any atom is 0.152 e. The Hall–Kier alpha value is -1.19. The van der Waals surface area contributed by atoms with Crippen LogP contribution in [0.3, 0.4) is 0 Å². The highest BCUT2D eigenvalue weighted by molar-refractivity contribution is 5.46. The van der Waals surface area contributed by atoms with Crippen LogP contribution in [0.1, 0.15) is 25.7 Å². The predicted octanol–water partition coefficient (Wildman–Crippen LogP) is 3.71. The fraction of sp³-hybridized carbons (Fsp3) is 0.500. The second kappa shape index (κ2) is 4.76. The summed E-state index contributed by atoms with van der Waals surface area (Å²) in [7, 11) is 0. The number of hydrogen-bond donors (Lipinski definition) is 1. The summed E-state index contributed by atoms with van der Waals surface area (Å²) < 4.78 is 39.1. The van der Waals surface area contributed by atoms with E-state index in [2.05, 4.69) is 5.32 Å². The Balaban J connectivity index is 2.03. The third kappa shape index (κ3) is 2.49. The van der Waals surface area contributed by atoms with E-state index < -0.39 is 17.5 Å². The van der Waals surface area contributed by atoms with Crippen LogP contribution in [-0.2, 0) is 0 Å². The van der Waals surface area contributed by atoms with E-state index >= 15 is 0 Å². The third-order valence-corrected chi connectivity index (χ3v) is 3.05. The monoisotopic (exact) mass is 229 g/mol. The number of halogens is 3. The fourth-order valence-corrected chi connectivity index (χ4v) is 2.17. The van der Waals surface area contributed by atoms with Gasteiger partial charge in [-0.15, -0.1) is 0 Å². The quantitative estimate of drug-likeness (QED) is 0.833. The minimum atomic E-state index is -0.888. The summed E-state index contributed by atoms with van der Waals surface area (Å²) in [5, 5.41) is 2.73. The van der Waals surface area contributed by atoms with Crippen LogP contribution < -0.4 is 5.32 Å². The zero-order valence-corrected chi connectivity index (χ0v) is 8.90. The van der Waals surface area contributed by atoms with Gasteiger partial charge in [0.15, 0.2) is 11.6 Å². The van der Waals surface area contributed by atoms with Crippen LogP contribution in [0.4, 0.5) is 18.9 Å². The first-order valence-corrected chi connectivity index (χ1v) is 5.55. The minimum Gasteiger partial charge on any atom is -0.380 e. The SMILES string of the molecule is Fc1cc(F)c(NCC2CCCC2)c(F)c1. The molecule has 1 N–H and O–H groups in total. The van der Waals surface area contributed by atoms with Gasteiger partial charge in [0.25, 0.3) is 0 Å². The van der Waals surface area contributed by atoms with Crippen LogP contribution in [-0.4, -0.2) is 6.54 Å². The van der Waals surface area contributed by atoms with E-state index in [0.717, 1.165) is 12.8 Å². The molecule has 2 rings (SSSR count). The van der Waals surface area contributed by atoms with Crippen LogP contribution in [0.5, 0.6) is 0 Å². The molecule has 0 aliphatic heterocycles. The third-order valence-electron chi connectivity index (χ3n) is 3.05. The second-order valence-corrected chi connectivity index (χ2v) is 4.28. The lowest BCUT2D eigenvalue weighted by molar-refractivity contribution is 0.537. The molecule has 0 heterocycles. The Morgan fingerprint density at radius 2 is 1.62 bits per heavy atom. The van der Waals surface area contributed by atoms with E-state index in [1.807, 2.05) is 0 Å². The molecule has 0 atom stereocenters. The maximum absolute atomic E-state index is 13.2. The smallest absolute Gasteiger partial charge is 0.152 e. The molecule has 0 saturated heterocycles. The van der Waals surface area contributed by atoms with Crippen LogP contribution in [0.15, 0.2) is 12.1 Å². The van der Waals surface area contributed by atoms with E-state index in [1.54, 1.807) is 0 Å². The lowest BCUT2D eigenvalue weighted by Crippen LogP contribution is -2.13. The van der Waals surface area contributed by atoms with Crippen LogP contribution in [0, 0.1) is 23.4 Å². The fourth-order valence-electron chi connectivity index (χ4n) is 2.17. The second-order valence-electron chi connectivity index (χ2n) is 4.28. The van der Waals surface area contributed by atoms with E-state index in [9.17, 15) is 13.2 Å². The Labute approximate surface area is 92.7 Å². The van der Waals surface area contributed by atoms with Gasteiger partial charge >= 0.3 is 0 Å². The van der Waals surface area contributed by atoms with Crippen molar-refractivity contribution in [3.8, 4) is 0 Å². The summed E-state index contributed by atoms with van der Waals surface area (Å²) in [4.78, 5) is 0. The van der Waals surface area contributed by atoms with E-state index in [-0.39, 0.29) is 5.69 Å². The lowest BCUT2D eigenvalue weighted by Gasteiger charge is -2.13. The normalized spacial score (nSPS) is 16.7. The van der Waals surface area contributed by atoms with Crippen molar-refractivity contribution in [2.24, 2.45) is 5.92 Å². The highest BCUT2D eigenvalue weighted by Crippen LogP contribution is 2.26. The van der Waals surface area contributed by atoms with Gasteiger partial charge < -0.3 is 5.32 Å². The number of anilines is 1. The van der Waals surface area contributed by atoms with Crippen molar-refractivity contribution in [3.05, 3.63) is 29.6 Å². The molecule has 1 aliphatic rings. The molecule has 1 aliphatic carbocycles. The van der Waals surface area contributed by atoms with E-state index in [4.69, 9.17) is 0 Å². The zero-order chi connectivity index (χ0) is 11.5. The molecule has 0 bridgehead atoms. The molecular weight excluding hydrogens is 215 g/mol. The maximum atomic E-state index is 13.2. The molecule has 0 aromatic heterocycles. The summed E-state index contributed by atoms with van der Waals surface area (Å²) in [5.41, 5.74) is -0.215. The van der Waals surface area contributed by atoms with Crippen LogP contribution in [0.25, 0.3) is 0 Å². The van der Waals surface area contributed by atoms with Crippen molar-refractivity contribution in [2.45, 2.75) is 25.7 Å². The highest BCUT2D eigenvalue weighted by atomic mass is 19.1. The van der Waals surface area contributed by atoms with Crippen LogP contribution in [0.2, 0.25) is 0 Å². The molecule has 0 unspecified atom stereocenters. The van der Waals surface area contributed by atoms with Gasteiger partial charge in [-0.1, -0.05) is 12.8 Å². The first-order valence-electron chi connectivity index (χ1n) is 5.55. The lowest BCUT2D eigenvalue weighted by atomic mass is 10.1. The molecule has 0 amide bonds. The van der Waals surface area contributed by atoms with Gasteiger partial charge in [-0.2, -0.15) is 0 Å². The average Bonchev–Trinajstić information content (AvgIpc) is 2.68. The van der Waals surface area contributed by atoms with Crippen molar-refractivity contribution >= 4 is 5.69 Å². The van der Waals surface area contributed by atoms with Crippen LogP contribution >= 0.6 is 0 Å². The number of hydrogen-bond acceptors (Lipinski definition) is 1. The summed E-state index contributed by atoms with van der Waals surface area (Å²) in [6, 6.07) is 1.39. The Bertz CT molecular complexity index is 350. The summed E-state index contributed by atoms with van der Waals surface area (Å²) >= 11 is 0. The molecule has 1 aromatic rings. The minimum absolute atomic E-state index is 0.215. The van der Waals surface area contributed by atoms with Gasteiger partial charge in [0.2, 0.25) is 0 Å². The summed E-state index contributed by atoms with van der Waals surface area (Å²) in [6.07, 6.45) is 4.55. The van der Waals surface area contributed by atoms with Crippen molar-refractivity contribution in [3.63, 3.8) is 0 Å². The highest BCUT2D eigenvalue weighted by Gasteiger charge is 2.17. The average molecular weight is 229 g/mol. The van der Waals surface area contributed by atoms with Gasteiger partial charge in [-0.25, -0.2) is 13.2 Å². The standard InChI is InChI=1S/C12H14F3N/c13-9-5-10(14)12(11(15)6-9)16-7-8-3-1-2-4-8/h5-6,8,16H,1-4,7H2. The van der Waals surface area contributed by atoms with Crippen molar-refractivity contribution in [2.75, 3.05) is 11.9 Å². The Morgan fingerprint density at radius 3 is 2.19 bits per heavy atom. The molecule has 4 heteroatoms. The van der Waals surface area contributed by atoms with E-state index in [0.29, 0.717) is 24.6 Å². The van der Waals surface area contributed by atoms with Crippen molar-refractivity contribution in [1.29, 1.82) is 0 Å². The molecule has 1 nitrogen and oxygen atoms in total. The van der Waals surface area contributed by atoms with Gasteiger partial charge in [0.1, 0.15) is 11.5 Å². The van der Waals surface area contributed by atoms with E-state index in [1.165, 1.54) is 12.8 Å². The predicted molar refractivity (Wildman–Crippen MR) is 56.8 cm³/mol. The molecule has 1 fully saturated rings. The zero-order valence-electron chi connectivity index (χ0n) is 8.90. The largest absolute Gasteiger partial charge is 0.380 e. The summed E-state index contributed by atoms with van der Waals surface area (Å²) in [5.74, 6) is -2.14.